The predicted molar refractivity (Wildman–Crippen MR) is 56.1 cm³/mol. The summed E-state index contributed by atoms with van der Waals surface area (Å²) in [5.74, 6) is 0.724. The van der Waals surface area contributed by atoms with Crippen LogP contribution in [-0.2, 0) is 0 Å². The molecule has 0 aromatic heterocycles. The van der Waals surface area contributed by atoms with Crippen LogP contribution in [0, 0.1) is 11.3 Å². The smallest absolute Gasteiger partial charge is 0.170 e. The maximum Gasteiger partial charge on any atom is 0.170 e. The molecule has 1 aromatic carbocycles. The minimum Gasteiger partial charge on any atom is -0.496 e. The van der Waals surface area contributed by atoms with Crippen molar-refractivity contribution < 1.29 is 19.7 Å². The Hall–Kier alpha value is -1.77. The van der Waals surface area contributed by atoms with E-state index in [4.69, 9.17) is 14.7 Å². The largest absolute Gasteiger partial charge is 0.496 e. The maximum atomic E-state index is 9.78. The lowest BCUT2D eigenvalue weighted by molar-refractivity contribution is 0.0493. The monoisotopic (exact) mass is 223 g/mol. The summed E-state index contributed by atoms with van der Waals surface area (Å²) < 4.78 is 10.1. The number of aliphatic hydroxyl groups is 2. The molecule has 0 aliphatic carbocycles. The van der Waals surface area contributed by atoms with E-state index < -0.39 is 12.2 Å². The fourth-order valence-corrected chi connectivity index (χ4v) is 1.40. The lowest BCUT2D eigenvalue weighted by Crippen LogP contribution is -2.17. The minimum atomic E-state index is -1.52. The van der Waals surface area contributed by atoms with Gasteiger partial charge < -0.3 is 19.7 Å². The van der Waals surface area contributed by atoms with Crippen LogP contribution < -0.4 is 9.47 Å². The van der Waals surface area contributed by atoms with Crippen molar-refractivity contribution in [2.24, 2.45) is 0 Å². The third-order valence-electron chi connectivity index (χ3n) is 2.19. The first-order valence-electron chi connectivity index (χ1n) is 4.62. The summed E-state index contributed by atoms with van der Waals surface area (Å²) in [6.45, 7) is 0. The van der Waals surface area contributed by atoms with Gasteiger partial charge in [0, 0.05) is 0 Å². The highest BCUT2D eigenvalue weighted by Crippen LogP contribution is 2.35. The number of aliphatic hydroxyl groups excluding tert-OH is 2. The first-order valence-corrected chi connectivity index (χ1v) is 4.62. The lowest BCUT2D eigenvalue weighted by Gasteiger charge is -2.18. The van der Waals surface area contributed by atoms with Gasteiger partial charge in [-0.25, -0.2) is 0 Å². The molecule has 0 spiro atoms. The zero-order chi connectivity index (χ0) is 12.1. The van der Waals surface area contributed by atoms with E-state index in [0.29, 0.717) is 11.5 Å². The average Bonchev–Trinajstić information content (AvgIpc) is 2.35. The molecule has 0 aliphatic rings. The van der Waals surface area contributed by atoms with E-state index >= 15 is 0 Å². The van der Waals surface area contributed by atoms with Gasteiger partial charge in [0.1, 0.15) is 17.6 Å². The number of methoxy groups -OCH3 is 2. The molecule has 86 valence electrons. The molecule has 5 nitrogen and oxygen atoms in total. The highest BCUT2D eigenvalue weighted by Gasteiger charge is 2.25. The Morgan fingerprint density at radius 3 is 2.06 bits per heavy atom. The fourth-order valence-electron chi connectivity index (χ4n) is 1.40. The van der Waals surface area contributed by atoms with E-state index in [2.05, 4.69) is 0 Å². The topological polar surface area (TPSA) is 82.7 Å². The Kier molecular flexibility index (Phi) is 4.11. The summed E-state index contributed by atoms with van der Waals surface area (Å²) in [5.41, 5.74) is 0.265. The quantitative estimate of drug-likeness (QED) is 0.731. The van der Waals surface area contributed by atoms with E-state index in [1.54, 1.807) is 24.3 Å². The lowest BCUT2D eigenvalue weighted by atomic mass is 10.0. The normalized spacial score (nSPS) is 13.7. The van der Waals surface area contributed by atoms with Gasteiger partial charge in [0.25, 0.3) is 0 Å². The summed E-state index contributed by atoms with van der Waals surface area (Å²) in [6, 6.07) is 6.48. The van der Waals surface area contributed by atoms with E-state index in [9.17, 15) is 10.2 Å². The molecule has 0 radical (unpaired) electrons. The van der Waals surface area contributed by atoms with Crippen LogP contribution in [0.25, 0.3) is 0 Å². The van der Waals surface area contributed by atoms with Crippen molar-refractivity contribution in [3.05, 3.63) is 23.8 Å². The minimum absolute atomic E-state index is 0.265. The van der Waals surface area contributed by atoms with Gasteiger partial charge >= 0.3 is 0 Å². The van der Waals surface area contributed by atoms with Gasteiger partial charge in [-0.1, -0.05) is 6.07 Å². The third kappa shape index (κ3) is 2.24. The molecule has 0 saturated carbocycles. The zero-order valence-corrected chi connectivity index (χ0v) is 9.04. The molecule has 0 heterocycles. The summed E-state index contributed by atoms with van der Waals surface area (Å²) in [7, 11) is 2.87. The molecule has 1 aromatic rings. The van der Waals surface area contributed by atoms with Crippen LogP contribution in [0.2, 0.25) is 0 Å². The van der Waals surface area contributed by atoms with Crippen molar-refractivity contribution >= 4 is 0 Å². The second-order valence-corrected chi connectivity index (χ2v) is 3.09. The highest BCUT2D eigenvalue weighted by molar-refractivity contribution is 5.47. The molecule has 1 rings (SSSR count). The van der Waals surface area contributed by atoms with Crippen molar-refractivity contribution in [1.29, 1.82) is 5.26 Å². The number of nitrogens with zero attached hydrogens (tertiary/aromatic N) is 1. The van der Waals surface area contributed by atoms with Gasteiger partial charge in [0.05, 0.1) is 25.9 Å². The van der Waals surface area contributed by atoms with E-state index in [1.165, 1.54) is 14.2 Å². The van der Waals surface area contributed by atoms with Crippen molar-refractivity contribution in [2.75, 3.05) is 14.2 Å². The molecule has 0 amide bonds. The first-order chi connectivity index (χ1) is 7.65. The molecule has 16 heavy (non-hydrogen) atoms. The molecule has 5 heteroatoms. The Morgan fingerprint density at radius 2 is 1.69 bits per heavy atom. The summed E-state index contributed by atoms with van der Waals surface area (Å²) >= 11 is 0. The number of hydrogen-bond donors (Lipinski definition) is 2. The molecule has 2 unspecified atom stereocenters. The van der Waals surface area contributed by atoms with Crippen molar-refractivity contribution in [2.45, 2.75) is 12.2 Å². The fraction of sp³-hybridized carbons (Fsp3) is 0.364. The second kappa shape index (κ2) is 5.35. The van der Waals surface area contributed by atoms with Crippen LogP contribution in [0.3, 0.4) is 0 Å². The molecular formula is C11H13NO4. The van der Waals surface area contributed by atoms with Gasteiger partial charge in [0.2, 0.25) is 0 Å². The summed E-state index contributed by atoms with van der Waals surface area (Å²) in [5, 5.41) is 27.6. The van der Waals surface area contributed by atoms with Gasteiger partial charge in [0.15, 0.2) is 6.10 Å². The third-order valence-corrected chi connectivity index (χ3v) is 2.19. The maximum absolute atomic E-state index is 9.78. The molecule has 0 aliphatic heterocycles. The molecule has 0 fully saturated rings. The van der Waals surface area contributed by atoms with Crippen molar-refractivity contribution in [1.82, 2.24) is 0 Å². The summed E-state index contributed by atoms with van der Waals surface area (Å²) in [4.78, 5) is 0. The van der Waals surface area contributed by atoms with Crippen molar-refractivity contribution in [3.63, 3.8) is 0 Å². The van der Waals surface area contributed by atoms with E-state index in [0.717, 1.165) is 0 Å². The van der Waals surface area contributed by atoms with Crippen LogP contribution in [-0.4, -0.2) is 30.5 Å². The van der Waals surface area contributed by atoms with Crippen LogP contribution in [0.15, 0.2) is 18.2 Å². The van der Waals surface area contributed by atoms with E-state index in [-0.39, 0.29) is 5.56 Å². The Morgan fingerprint density at radius 1 is 1.19 bits per heavy atom. The van der Waals surface area contributed by atoms with Crippen LogP contribution >= 0.6 is 0 Å². The molecule has 2 N–H and O–H groups in total. The van der Waals surface area contributed by atoms with Gasteiger partial charge in [-0.3, -0.25) is 0 Å². The standard InChI is InChI=1S/C11H13NO4/c1-15-8-4-3-5-9(16-2)10(8)11(14)7(13)6-12/h3-5,7,11,13-14H,1-2H3. The number of benzene rings is 1. The first kappa shape index (κ1) is 12.3. The number of ether oxygens (including phenoxy) is 2. The SMILES string of the molecule is COc1cccc(OC)c1C(O)C(O)C#N. The number of hydrogen-bond acceptors (Lipinski definition) is 5. The zero-order valence-electron chi connectivity index (χ0n) is 9.04. The highest BCUT2D eigenvalue weighted by atomic mass is 16.5. The Labute approximate surface area is 93.5 Å². The molecule has 2 atom stereocenters. The van der Waals surface area contributed by atoms with Gasteiger partial charge in [-0.05, 0) is 12.1 Å². The molecular weight excluding hydrogens is 210 g/mol. The van der Waals surface area contributed by atoms with Crippen LogP contribution in [0.5, 0.6) is 11.5 Å². The summed E-state index contributed by atoms with van der Waals surface area (Å²) in [6.07, 6.45) is -2.89. The number of rotatable bonds is 4. The average molecular weight is 223 g/mol. The Bertz CT molecular complexity index is 377. The van der Waals surface area contributed by atoms with Gasteiger partial charge in [-0.2, -0.15) is 5.26 Å². The van der Waals surface area contributed by atoms with E-state index in [1.807, 2.05) is 0 Å². The predicted octanol–water partition coefficient (Wildman–Crippen LogP) is 0.622. The van der Waals surface area contributed by atoms with Crippen LogP contribution in [0.1, 0.15) is 11.7 Å². The number of nitriles is 1. The van der Waals surface area contributed by atoms with Crippen LogP contribution in [0.4, 0.5) is 0 Å². The Balaban J connectivity index is 3.23. The van der Waals surface area contributed by atoms with Crippen molar-refractivity contribution in [3.8, 4) is 17.6 Å². The molecule has 0 saturated heterocycles. The molecule has 0 bridgehead atoms. The van der Waals surface area contributed by atoms with Gasteiger partial charge in [-0.15, -0.1) is 0 Å². The second-order valence-electron chi connectivity index (χ2n) is 3.09.